The first-order valence-electron chi connectivity index (χ1n) is 5.81. The van der Waals surface area contributed by atoms with Gasteiger partial charge in [0.15, 0.2) is 5.66 Å². The normalized spacial score (nSPS) is 13.2. The number of para-hydroxylation sites is 3. The minimum Gasteiger partial charge on any atom is -0.517 e. The average molecular weight is 236 g/mol. The van der Waals surface area contributed by atoms with E-state index in [4.69, 9.17) is 13.7 Å². The van der Waals surface area contributed by atoms with Crippen molar-refractivity contribution in [2.75, 3.05) is 0 Å². The summed E-state index contributed by atoms with van der Waals surface area (Å²) in [5.74, 6) is 1.51. The van der Waals surface area contributed by atoms with E-state index in [1.54, 1.807) is 0 Å². The van der Waals surface area contributed by atoms with E-state index < -0.39 is 7.12 Å². The zero-order valence-corrected chi connectivity index (χ0v) is 9.50. The molecule has 1 aliphatic heterocycles. The van der Waals surface area contributed by atoms with Crippen LogP contribution in [0.15, 0.2) is 59.0 Å². The summed E-state index contributed by atoms with van der Waals surface area (Å²) >= 11 is 0. The van der Waals surface area contributed by atoms with Crippen LogP contribution in [0.1, 0.15) is 0 Å². The lowest BCUT2D eigenvalue weighted by Gasteiger charge is -1.99. The molecule has 3 nitrogen and oxygen atoms in total. The van der Waals surface area contributed by atoms with Gasteiger partial charge < -0.3 is 13.7 Å². The summed E-state index contributed by atoms with van der Waals surface area (Å²) in [5.41, 5.74) is 1.53. The minimum absolute atomic E-state index is 0.491. The molecule has 3 aromatic rings. The number of fused-ring (bicyclic) bond motifs is 2. The van der Waals surface area contributed by atoms with Crippen LogP contribution in [0.5, 0.6) is 11.5 Å². The lowest BCUT2D eigenvalue weighted by Crippen LogP contribution is -2.37. The Balaban J connectivity index is 1.73. The molecule has 2 aromatic carbocycles. The van der Waals surface area contributed by atoms with Gasteiger partial charge in [-0.25, -0.2) is 0 Å². The Morgan fingerprint density at radius 2 is 1.44 bits per heavy atom. The number of furan rings is 1. The molecule has 4 heteroatoms. The summed E-state index contributed by atoms with van der Waals surface area (Å²) in [4.78, 5) is 0. The van der Waals surface area contributed by atoms with Crippen molar-refractivity contribution in [1.29, 1.82) is 0 Å². The molecule has 86 valence electrons. The minimum atomic E-state index is -0.491. The Kier molecular flexibility index (Phi) is 1.91. The predicted octanol–water partition coefficient (Wildman–Crippen LogP) is 2.60. The van der Waals surface area contributed by atoms with Gasteiger partial charge in [0.1, 0.15) is 17.1 Å². The van der Waals surface area contributed by atoms with Gasteiger partial charge in [-0.3, -0.25) is 0 Å². The first-order valence-corrected chi connectivity index (χ1v) is 5.81. The summed E-state index contributed by atoms with van der Waals surface area (Å²) in [6, 6.07) is 17.4. The van der Waals surface area contributed by atoms with Crippen molar-refractivity contribution in [3.05, 3.63) is 54.6 Å². The van der Waals surface area contributed by atoms with Crippen LogP contribution in [0.4, 0.5) is 0 Å². The molecule has 0 bridgehead atoms. The van der Waals surface area contributed by atoms with Gasteiger partial charge in [0.05, 0.1) is 0 Å². The van der Waals surface area contributed by atoms with Crippen molar-refractivity contribution in [1.82, 2.24) is 0 Å². The Labute approximate surface area is 104 Å². The number of hydrogen-bond donors (Lipinski definition) is 0. The van der Waals surface area contributed by atoms with Crippen molar-refractivity contribution in [3.8, 4) is 11.5 Å². The van der Waals surface area contributed by atoms with E-state index in [2.05, 4.69) is 0 Å². The summed E-state index contributed by atoms with van der Waals surface area (Å²) in [5, 5.41) is 1.05. The van der Waals surface area contributed by atoms with Crippen LogP contribution in [0.3, 0.4) is 0 Å². The van der Waals surface area contributed by atoms with Crippen LogP contribution in [-0.4, -0.2) is 7.12 Å². The fraction of sp³-hybridized carbons (Fsp3) is 0. The molecule has 0 saturated heterocycles. The lowest BCUT2D eigenvalue weighted by molar-refractivity contribution is 0.497. The molecule has 0 unspecified atom stereocenters. The van der Waals surface area contributed by atoms with E-state index in [-0.39, 0.29) is 0 Å². The smallest absolute Gasteiger partial charge is 0.517 e. The molecule has 1 aromatic heterocycles. The highest BCUT2D eigenvalue weighted by atomic mass is 16.6. The Hall–Kier alpha value is -2.36. The van der Waals surface area contributed by atoms with E-state index >= 15 is 0 Å². The molecule has 0 atom stereocenters. The van der Waals surface area contributed by atoms with Crippen molar-refractivity contribution in [3.63, 3.8) is 0 Å². The number of hydrogen-bond acceptors (Lipinski definition) is 3. The summed E-state index contributed by atoms with van der Waals surface area (Å²) in [6.07, 6.45) is 0. The first kappa shape index (κ1) is 9.65. The van der Waals surface area contributed by atoms with Crippen LogP contribution in [0.25, 0.3) is 11.0 Å². The average Bonchev–Trinajstić information content (AvgIpc) is 3.02. The third-order valence-corrected chi connectivity index (χ3v) is 2.99. The molecule has 0 spiro atoms. The van der Waals surface area contributed by atoms with Crippen LogP contribution in [-0.2, 0) is 0 Å². The van der Waals surface area contributed by atoms with Gasteiger partial charge in [-0.2, -0.15) is 0 Å². The predicted molar refractivity (Wildman–Crippen MR) is 69.3 cm³/mol. The lowest BCUT2D eigenvalue weighted by atomic mass is 9.86. The number of benzene rings is 2. The maximum absolute atomic E-state index is 5.73. The maximum atomic E-state index is 5.73. The van der Waals surface area contributed by atoms with Crippen LogP contribution in [0.2, 0.25) is 0 Å². The van der Waals surface area contributed by atoms with Crippen LogP contribution >= 0.6 is 0 Å². The summed E-state index contributed by atoms with van der Waals surface area (Å²) < 4.78 is 17.1. The van der Waals surface area contributed by atoms with Gasteiger partial charge in [-0.1, -0.05) is 30.3 Å². The van der Waals surface area contributed by atoms with Gasteiger partial charge in [-0.05, 0) is 24.3 Å². The van der Waals surface area contributed by atoms with Crippen molar-refractivity contribution in [2.45, 2.75) is 0 Å². The van der Waals surface area contributed by atoms with Gasteiger partial charge in [0.25, 0.3) is 0 Å². The molecule has 0 radical (unpaired) electrons. The second-order valence-corrected chi connectivity index (χ2v) is 4.20. The first-order chi connectivity index (χ1) is 8.90. The molecular weight excluding hydrogens is 227 g/mol. The van der Waals surface area contributed by atoms with E-state index in [1.807, 2.05) is 54.6 Å². The van der Waals surface area contributed by atoms with Crippen molar-refractivity contribution < 1.29 is 13.7 Å². The highest BCUT2D eigenvalue weighted by molar-refractivity contribution is 6.62. The summed E-state index contributed by atoms with van der Waals surface area (Å²) in [6.45, 7) is 0. The SMILES string of the molecule is c1ccc2c(c1)OB(c1cc3ccccc3o1)O2. The molecule has 1 aliphatic rings. The zero-order chi connectivity index (χ0) is 11.9. The van der Waals surface area contributed by atoms with Crippen molar-refractivity contribution >= 4 is 23.7 Å². The topological polar surface area (TPSA) is 31.6 Å². The van der Waals surface area contributed by atoms with E-state index in [0.717, 1.165) is 22.5 Å². The van der Waals surface area contributed by atoms with Gasteiger partial charge >= 0.3 is 7.12 Å². The van der Waals surface area contributed by atoms with Gasteiger partial charge in [0, 0.05) is 5.39 Å². The van der Waals surface area contributed by atoms with E-state index in [1.165, 1.54) is 0 Å². The second kappa shape index (κ2) is 3.57. The van der Waals surface area contributed by atoms with Gasteiger partial charge in [-0.15, -0.1) is 0 Å². The fourth-order valence-corrected chi connectivity index (χ4v) is 2.13. The molecule has 0 fully saturated rings. The van der Waals surface area contributed by atoms with Crippen molar-refractivity contribution in [2.24, 2.45) is 0 Å². The molecule has 0 N–H and O–H groups in total. The third kappa shape index (κ3) is 1.39. The molecule has 18 heavy (non-hydrogen) atoms. The monoisotopic (exact) mass is 236 g/mol. The molecule has 0 saturated carbocycles. The molecule has 0 aliphatic carbocycles. The largest absolute Gasteiger partial charge is 0.670 e. The van der Waals surface area contributed by atoms with E-state index in [9.17, 15) is 0 Å². The molecule has 0 amide bonds. The van der Waals surface area contributed by atoms with Gasteiger partial charge in [0.2, 0.25) is 0 Å². The van der Waals surface area contributed by atoms with E-state index in [0.29, 0.717) is 5.66 Å². The molecule has 4 rings (SSSR count). The van der Waals surface area contributed by atoms with Crippen LogP contribution in [0, 0.1) is 0 Å². The highest BCUT2D eigenvalue weighted by Gasteiger charge is 2.37. The Morgan fingerprint density at radius 3 is 2.17 bits per heavy atom. The Morgan fingerprint density at radius 1 is 0.778 bits per heavy atom. The third-order valence-electron chi connectivity index (χ3n) is 2.99. The number of rotatable bonds is 1. The van der Waals surface area contributed by atoms with Crippen LogP contribution < -0.4 is 15.0 Å². The quantitative estimate of drug-likeness (QED) is 0.608. The molecule has 2 heterocycles. The fourth-order valence-electron chi connectivity index (χ4n) is 2.13. The maximum Gasteiger partial charge on any atom is 0.670 e. The Bertz CT molecular complexity index is 662. The zero-order valence-electron chi connectivity index (χ0n) is 9.50. The molecular formula is C14H9BO3. The standard InChI is InChI=1S/C14H9BO3/c1-2-6-11-10(5-1)9-14(16-11)15-17-12-7-3-4-8-13(12)18-15/h1-9H. The summed E-state index contributed by atoms with van der Waals surface area (Å²) in [7, 11) is -0.491. The second-order valence-electron chi connectivity index (χ2n) is 4.20. The highest BCUT2D eigenvalue weighted by Crippen LogP contribution is 2.32.